The van der Waals surface area contributed by atoms with Gasteiger partial charge in [0.15, 0.2) is 0 Å². The molecule has 2 aromatic carbocycles. The highest BCUT2D eigenvalue weighted by Crippen LogP contribution is 2.55. The van der Waals surface area contributed by atoms with Gasteiger partial charge < -0.3 is 20.3 Å². The first-order valence-electron chi connectivity index (χ1n) is 13.5. The first kappa shape index (κ1) is 25.3. The molecule has 3 fully saturated rings. The van der Waals surface area contributed by atoms with Crippen LogP contribution in [0.5, 0.6) is 0 Å². The Bertz CT molecular complexity index is 1240. The van der Waals surface area contributed by atoms with Crippen LogP contribution in [-0.4, -0.2) is 53.0 Å². The zero-order valence-electron chi connectivity index (χ0n) is 21.1. The smallest absolute Gasteiger partial charge is 0.246 e. The topological polar surface area (TPSA) is 87.7 Å². The molecule has 0 aromatic heterocycles. The van der Waals surface area contributed by atoms with Crippen LogP contribution in [-0.2, 0) is 25.5 Å². The Morgan fingerprint density at radius 1 is 1.00 bits per heavy atom. The lowest BCUT2D eigenvalue weighted by Crippen LogP contribution is -2.56. The third-order valence-corrected chi connectivity index (χ3v) is 9.00. The zero-order chi connectivity index (χ0) is 26.3. The summed E-state index contributed by atoms with van der Waals surface area (Å²) in [4.78, 5) is 43.2. The molecule has 1 aliphatic carbocycles. The fourth-order valence-corrected chi connectivity index (χ4v) is 6.95. The number of rotatable bonds is 7. The Kier molecular flexibility index (Phi) is 6.86. The molecule has 1 spiro atoms. The quantitative estimate of drug-likeness (QED) is 0.482. The van der Waals surface area contributed by atoms with Crippen LogP contribution >= 0.6 is 15.9 Å². The molecule has 3 amide bonds. The van der Waals surface area contributed by atoms with Crippen LogP contribution in [0.25, 0.3) is 0 Å². The Labute approximate surface area is 231 Å². The number of amides is 3. The third-order valence-electron chi connectivity index (χ3n) is 8.47. The van der Waals surface area contributed by atoms with Crippen molar-refractivity contribution < 1.29 is 19.1 Å². The molecular weight excluding hydrogens is 546 g/mol. The summed E-state index contributed by atoms with van der Waals surface area (Å²) >= 11 is 3.41. The SMILES string of the molecule is O=C(Nc1ccc(Br)cc1)[C@H]1[C@@H]2C=C[C@]3(O2)[C@@H]1C(=O)N(CCc1ccccc1)[C@H]3C(=O)NC1CCCCC1. The molecule has 2 saturated heterocycles. The highest BCUT2D eigenvalue weighted by molar-refractivity contribution is 9.10. The van der Waals surface area contributed by atoms with Crippen LogP contribution in [0.2, 0.25) is 0 Å². The van der Waals surface area contributed by atoms with Crippen LogP contribution in [0.4, 0.5) is 5.69 Å². The summed E-state index contributed by atoms with van der Waals surface area (Å²) in [6.07, 6.45) is 9.08. The number of carbonyl (C=O) groups is 3. The molecule has 7 nitrogen and oxygen atoms in total. The molecule has 4 aliphatic rings. The number of hydrogen-bond donors (Lipinski definition) is 2. The van der Waals surface area contributed by atoms with E-state index < -0.39 is 29.6 Å². The first-order chi connectivity index (χ1) is 18.5. The first-order valence-corrected chi connectivity index (χ1v) is 14.3. The maximum atomic E-state index is 14.1. The minimum absolute atomic E-state index is 0.108. The number of halogens is 1. The van der Waals surface area contributed by atoms with Crippen molar-refractivity contribution in [3.05, 3.63) is 76.8 Å². The highest BCUT2D eigenvalue weighted by Gasteiger charge is 2.72. The molecule has 6 rings (SSSR count). The monoisotopic (exact) mass is 577 g/mol. The molecule has 198 valence electrons. The van der Waals surface area contributed by atoms with Crippen molar-refractivity contribution in [3.63, 3.8) is 0 Å². The summed E-state index contributed by atoms with van der Waals surface area (Å²) < 4.78 is 7.36. The second-order valence-electron chi connectivity index (χ2n) is 10.8. The Morgan fingerprint density at radius 3 is 2.47 bits per heavy atom. The number of likely N-dealkylation sites (tertiary alicyclic amines) is 1. The Morgan fingerprint density at radius 2 is 1.74 bits per heavy atom. The molecule has 8 heteroatoms. The van der Waals surface area contributed by atoms with Gasteiger partial charge in [-0.15, -0.1) is 0 Å². The second kappa shape index (κ2) is 10.3. The highest BCUT2D eigenvalue weighted by atomic mass is 79.9. The van der Waals surface area contributed by atoms with Gasteiger partial charge in [0, 0.05) is 22.7 Å². The molecular formula is C30H32BrN3O4. The predicted molar refractivity (Wildman–Crippen MR) is 147 cm³/mol. The lowest BCUT2D eigenvalue weighted by Gasteiger charge is -2.34. The number of fused-ring (bicyclic) bond motifs is 1. The van der Waals surface area contributed by atoms with Gasteiger partial charge in [-0.2, -0.15) is 0 Å². The summed E-state index contributed by atoms with van der Waals surface area (Å²) in [6.45, 7) is 0.382. The number of benzene rings is 2. The maximum absolute atomic E-state index is 14.1. The van der Waals surface area contributed by atoms with E-state index in [0.717, 1.165) is 35.7 Å². The number of anilines is 1. The van der Waals surface area contributed by atoms with Crippen LogP contribution in [0.1, 0.15) is 37.7 Å². The van der Waals surface area contributed by atoms with Gasteiger partial charge in [-0.1, -0.05) is 77.7 Å². The fraction of sp³-hybridized carbons (Fsp3) is 0.433. The minimum Gasteiger partial charge on any atom is -0.359 e. The zero-order valence-corrected chi connectivity index (χ0v) is 22.7. The van der Waals surface area contributed by atoms with E-state index in [0.29, 0.717) is 18.7 Å². The average Bonchev–Trinajstić information content (AvgIpc) is 3.57. The van der Waals surface area contributed by atoms with E-state index in [2.05, 4.69) is 26.6 Å². The van der Waals surface area contributed by atoms with Gasteiger partial charge >= 0.3 is 0 Å². The normalized spacial score (nSPS) is 29.9. The van der Waals surface area contributed by atoms with Crippen molar-refractivity contribution in [3.8, 4) is 0 Å². The van der Waals surface area contributed by atoms with Crippen LogP contribution in [0.15, 0.2) is 71.2 Å². The van der Waals surface area contributed by atoms with E-state index >= 15 is 0 Å². The van der Waals surface area contributed by atoms with Crippen LogP contribution in [0.3, 0.4) is 0 Å². The summed E-state index contributed by atoms with van der Waals surface area (Å²) in [6, 6.07) is 16.6. The number of carbonyl (C=O) groups excluding carboxylic acids is 3. The van der Waals surface area contributed by atoms with Crippen molar-refractivity contribution in [1.82, 2.24) is 10.2 Å². The third kappa shape index (κ3) is 4.47. The molecule has 3 aliphatic heterocycles. The number of hydrogen-bond acceptors (Lipinski definition) is 4. The summed E-state index contributed by atoms with van der Waals surface area (Å²) in [5.74, 6) is -2.08. The van der Waals surface area contributed by atoms with Crippen LogP contribution in [0, 0.1) is 11.8 Å². The van der Waals surface area contributed by atoms with Gasteiger partial charge in [-0.3, -0.25) is 14.4 Å². The molecule has 5 atom stereocenters. The van der Waals surface area contributed by atoms with Gasteiger partial charge in [-0.25, -0.2) is 0 Å². The van der Waals surface area contributed by atoms with E-state index in [1.54, 1.807) is 4.90 Å². The maximum Gasteiger partial charge on any atom is 0.246 e. The minimum atomic E-state index is -1.14. The second-order valence-corrected chi connectivity index (χ2v) is 11.7. The summed E-state index contributed by atoms with van der Waals surface area (Å²) in [5.41, 5.74) is 0.599. The van der Waals surface area contributed by atoms with Gasteiger partial charge in [0.25, 0.3) is 0 Å². The largest absolute Gasteiger partial charge is 0.359 e. The fourth-order valence-electron chi connectivity index (χ4n) is 6.69. The van der Waals surface area contributed by atoms with Gasteiger partial charge in [0.2, 0.25) is 17.7 Å². The van der Waals surface area contributed by atoms with Gasteiger partial charge in [-0.05, 0) is 49.1 Å². The molecule has 2 N–H and O–H groups in total. The van der Waals surface area contributed by atoms with Crippen molar-refractivity contribution in [2.75, 3.05) is 11.9 Å². The molecule has 2 aromatic rings. The van der Waals surface area contributed by atoms with E-state index in [4.69, 9.17) is 4.74 Å². The lowest BCUT2D eigenvalue weighted by molar-refractivity contribution is -0.141. The standard InChI is InChI=1S/C30H32BrN3O4/c31-20-11-13-22(14-12-20)32-27(35)24-23-15-17-30(38-23)25(24)29(37)34(18-16-19-7-3-1-4-8-19)26(30)28(36)33-21-9-5-2-6-10-21/h1,3-4,7-8,11-15,17,21,23-26H,2,5-6,9-10,16,18H2,(H,32,35)(H,33,36)/t23-,24-,25-,26-,30-/m0/s1. The molecule has 0 radical (unpaired) electrons. The van der Waals surface area contributed by atoms with Crippen molar-refractivity contribution >= 4 is 39.3 Å². The van der Waals surface area contributed by atoms with E-state index in [-0.39, 0.29) is 23.8 Å². The Balaban J connectivity index is 1.29. The van der Waals surface area contributed by atoms with Crippen molar-refractivity contribution in [2.45, 2.75) is 62.3 Å². The average molecular weight is 579 g/mol. The van der Waals surface area contributed by atoms with E-state index in [9.17, 15) is 14.4 Å². The van der Waals surface area contributed by atoms with Gasteiger partial charge in [0.05, 0.1) is 17.9 Å². The predicted octanol–water partition coefficient (Wildman–Crippen LogP) is 4.23. The lowest BCUT2D eigenvalue weighted by atomic mass is 9.74. The summed E-state index contributed by atoms with van der Waals surface area (Å²) in [5, 5.41) is 6.20. The molecule has 2 bridgehead atoms. The summed E-state index contributed by atoms with van der Waals surface area (Å²) in [7, 11) is 0. The van der Waals surface area contributed by atoms with Crippen LogP contribution < -0.4 is 10.6 Å². The Hall–Kier alpha value is -2.97. The van der Waals surface area contributed by atoms with E-state index in [1.807, 2.05) is 66.7 Å². The van der Waals surface area contributed by atoms with Gasteiger partial charge in [0.1, 0.15) is 11.6 Å². The number of nitrogens with zero attached hydrogens (tertiary/aromatic N) is 1. The van der Waals surface area contributed by atoms with Crippen molar-refractivity contribution in [2.24, 2.45) is 11.8 Å². The molecule has 1 saturated carbocycles. The molecule has 38 heavy (non-hydrogen) atoms. The van der Waals surface area contributed by atoms with Crippen molar-refractivity contribution in [1.29, 1.82) is 0 Å². The molecule has 0 unspecified atom stereocenters. The molecule has 3 heterocycles. The number of ether oxygens (including phenoxy) is 1. The van der Waals surface area contributed by atoms with E-state index in [1.165, 1.54) is 6.42 Å². The number of nitrogens with one attached hydrogen (secondary N) is 2.